The van der Waals surface area contributed by atoms with E-state index in [1.807, 2.05) is 0 Å². The van der Waals surface area contributed by atoms with Crippen molar-refractivity contribution in [2.75, 3.05) is 0 Å². The van der Waals surface area contributed by atoms with E-state index in [2.05, 4.69) is 46.8 Å². The summed E-state index contributed by atoms with van der Waals surface area (Å²) >= 11 is 0. The normalized spacial score (nSPS) is 12.0. The minimum atomic E-state index is 0.941. The molecule has 0 fully saturated rings. The molecule has 1 heteroatoms. The lowest BCUT2D eigenvalue weighted by Gasteiger charge is -2.19. The van der Waals surface area contributed by atoms with Crippen LogP contribution in [0.25, 0.3) is 0 Å². The van der Waals surface area contributed by atoms with Crippen LogP contribution in [0.1, 0.15) is 81.2 Å². The first-order valence-electron chi connectivity index (χ1n) is 9.16. The molecule has 0 aromatic heterocycles. The first-order valence-corrected chi connectivity index (χ1v) is 9.16. The second-order valence-electron chi connectivity index (χ2n) is 6.28. The van der Waals surface area contributed by atoms with Gasteiger partial charge in [0.1, 0.15) is 0 Å². The Kier molecular flexibility index (Phi) is 8.30. The van der Waals surface area contributed by atoms with Crippen molar-refractivity contribution in [3.8, 4) is 0 Å². The summed E-state index contributed by atoms with van der Waals surface area (Å²) in [7, 11) is 0. The van der Waals surface area contributed by atoms with Crippen molar-refractivity contribution < 1.29 is 0 Å². The standard InChI is InChI=1S/C21H35N/c1-6-10-11-12-18-15-17(7-2)21(14-13-19(22)8-3)20(9-4)16(18)5/h13,15H,6-12,14,22H2,1-5H3/b19-13-. The molecule has 0 bridgehead atoms. The molecule has 0 spiro atoms. The van der Waals surface area contributed by atoms with E-state index >= 15 is 0 Å². The maximum atomic E-state index is 6.01. The summed E-state index contributed by atoms with van der Waals surface area (Å²) in [5.74, 6) is 0. The topological polar surface area (TPSA) is 26.0 Å². The average molecular weight is 302 g/mol. The first kappa shape index (κ1) is 18.8. The summed E-state index contributed by atoms with van der Waals surface area (Å²) < 4.78 is 0. The minimum Gasteiger partial charge on any atom is -0.402 e. The molecule has 0 aliphatic heterocycles. The molecule has 0 saturated carbocycles. The third-order valence-corrected chi connectivity index (χ3v) is 4.80. The van der Waals surface area contributed by atoms with Crippen LogP contribution in [0.15, 0.2) is 17.8 Å². The fraction of sp³-hybridized carbons (Fsp3) is 0.619. The quantitative estimate of drug-likeness (QED) is 0.586. The molecule has 0 atom stereocenters. The van der Waals surface area contributed by atoms with Crippen LogP contribution in [-0.4, -0.2) is 0 Å². The Morgan fingerprint density at radius 2 is 1.73 bits per heavy atom. The number of nitrogens with two attached hydrogens (primary N) is 1. The maximum Gasteiger partial charge on any atom is 0.00405 e. The number of rotatable bonds is 9. The lowest BCUT2D eigenvalue weighted by atomic mass is 9.86. The van der Waals surface area contributed by atoms with Gasteiger partial charge in [-0.3, -0.25) is 0 Å². The molecule has 1 aromatic carbocycles. The maximum absolute atomic E-state index is 6.01. The molecule has 1 aromatic rings. The van der Waals surface area contributed by atoms with Gasteiger partial charge in [-0.05, 0) is 73.3 Å². The van der Waals surface area contributed by atoms with Crippen LogP contribution < -0.4 is 5.73 Å². The molecular formula is C21H35N. The van der Waals surface area contributed by atoms with Crippen LogP contribution in [-0.2, 0) is 25.7 Å². The van der Waals surface area contributed by atoms with E-state index in [0.29, 0.717) is 0 Å². The van der Waals surface area contributed by atoms with Gasteiger partial charge in [-0.15, -0.1) is 0 Å². The summed E-state index contributed by atoms with van der Waals surface area (Å²) in [6.45, 7) is 11.3. The van der Waals surface area contributed by atoms with Crippen molar-refractivity contribution in [1.29, 1.82) is 0 Å². The van der Waals surface area contributed by atoms with E-state index in [1.165, 1.54) is 42.4 Å². The smallest absolute Gasteiger partial charge is 0.00405 e. The van der Waals surface area contributed by atoms with Crippen molar-refractivity contribution in [1.82, 2.24) is 0 Å². The molecule has 0 unspecified atom stereocenters. The number of benzene rings is 1. The second-order valence-corrected chi connectivity index (χ2v) is 6.28. The van der Waals surface area contributed by atoms with Crippen LogP contribution in [0.3, 0.4) is 0 Å². The molecule has 22 heavy (non-hydrogen) atoms. The fourth-order valence-corrected chi connectivity index (χ4v) is 3.27. The van der Waals surface area contributed by atoms with Gasteiger partial charge in [0.2, 0.25) is 0 Å². The zero-order valence-corrected chi connectivity index (χ0v) is 15.4. The lowest BCUT2D eigenvalue weighted by molar-refractivity contribution is 0.713. The first-order chi connectivity index (χ1) is 10.6. The van der Waals surface area contributed by atoms with E-state index in [1.54, 1.807) is 11.1 Å². The summed E-state index contributed by atoms with van der Waals surface area (Å²) in [5, 5.41) is 0. The Balaban J connectivity index is 3.17. The highest BCUT2D eigenvalue weighted by molar-refractivity contribution is 5.47. The van der Waals surface area contributed by atoms with Gasteiger partial charge in [-0.25, -0.2) is 0 Å². The molecule has 0 radical (unpaired) electrons. The third kappa shape index (κ3) is 4.90. The Morgan fingerprint density at radius 1 is 1.00 bits per heavy atom. The van der Waals surface area contributed by atoms with Gasteiger partial charge in [0.15, 0.2) is 0 Å². The zero-order chi connectivity index (χ0) is 16.5. The van der Waals surface area contributed by atoms with E-state index in [-0.39, 0.29) is 0 Å². The number of hydrogen-bond acceptors (Lipinski definition) is 1. The Hall–Kier alpha value is -1.24. The van der Waals surface area contributed by atoms with Crippen LogP contribution >= 0.6 is 0 Å². The monoisotopic (exact) mass is 301 g/mol. The summed E-state index contributed by atoms with van der Waals surface area (Å²) in [6, 6.07) is 2.47. The van der Waals surface area contributed by atoms with Gasteiger partial charge < -0.3 is 5.73 Å². The van der Waals surface area contributed by atoms with Crippen LogP contribution in [0.5, 0.6) is 0 Å². The summed E-state index contributed by atoms with van der Waals surface area (Å²) in [4.78, 5) is 0. The predicted octanol–water partition coefficient (Wildman–Crippen LogP) is 5.65. The van der Waals surface area contributed by atoms with Crippen molar-refractivity contribution in [2.24, 2.45) is 5.73 Å². The lowest BCUT2D eigenvalue weighted by Crippen LogP contribution is -2.06. The van der Waals surface area contributed by atoms with Gasteiger partial charge in [-0.1, -0.05) is 52.7 Å². The summed E-state index contributed by atoms with van der Waals surface area (Å²) in [6.07, 6.45) is 11.5. The van der Waals surface area contributed by atoms with Crippen molar-refractivity contribution in [2.45, 2.75) is 86.0 Å². The largest absolute Gasteiger partial charge is 0.402 e. The zero-order valence-electron chi connectivity index (χ0n) is 15.4. The molecule has 0 amide bonds. The highest BCUT2D eigenvalue weighted by Crippen LogP contribution is 2.27. The Labute approximate surface area is 138 Å². The summed E-state index contributed by atoms with van der Waals surface area (Å²) in [5.41, 5.74) is 14.7. The number of aryl methyl sites for hydroxylation is 2. The number of hydrogen-bond donors (Lipinski definition) is 1. The second kappa shape index (κ2) is 9.71. The molecule has 0 aliphatic rings. The van der Waals surface area contributed by atoms with Gasteiger partial charge in [0.25, 0.3) is 0 Å². The van der Waals surface area contributed by atoms with Gasteiger partial charge in [-0.2, -0.15) is 0 Å². The Morgan fingerprint density at radius 3 is 2.27 bits per heavy atom. The molecule has 0 heterocycles. The SMILES string of the molecule is CCCCCc1cc(CC)c(C/C=C(\N)CC)c(CC)c1C. The van der Waals surface area contributed by atoms with E-state index in [0.717, 1.165) is 31.4 Å². The average Bonchev–Trinajstić information content (AvgIpc) is 2.54. The van der Waals surface area contributed by atoms with Crippen LogP contribution in [0, 0.1) is 6.92 Å². The number of unbranched alkanes of at least 4 members (excludes halogenated alkanes) is 2. The highest BCUT2D eigenvalue weighted by Gasteiger charge is 2.12. The molecule has 1 nitrogen and oxygen atoms in total. The van der Waals surface area contributed by atoms with E-state index in [4.69, 9.17) is 5.73 Å². The molecular weight excluding hydrogens is 266 g/mol. The van der Waals surface area contributed by atoms with E-state index in [9.17, 15) is 0 Å². The molecule has 1 rings (SSSR count). The van der Waals surface area contributed by atoms with E-state index < -0.39 is 0 Å². The van der Waals surface area contributed by atoms with Gasteiger partial charge >= 0.3 is 0 Å². The Bertz CT molecular complexity index is 497. The van der Waals surface area contributed by atoms with Crippen molar-refractivity contribution >= 4 is 0 Å². The minimum absolute atomic E-state index is 0.941. The van der Waals surface area contributed by atoms with Crippen molar-refractivity contribution in [3.05, 3.63) is 45.7 Å². The number of allylic oxidation sites excluding steroid dienone is 2. The van der Waals surface area contributed by atoms with Crippen LogP contribution in [0.4, 0.5) is 0 Å². The molecule has 0 saturated heterocycles. The molecule has 124 valence electrons. The third-order valence-electron chi connectivity index (χ3n) is 4.80. The fourth-order valence-electron chi connectivity index (χ4n) is 3.27. The molecule has 0 aliphatic carbocycles. The predicted molar refractivity (Wildman–Crippen MR) is 99.4 cm³/mol. The van der Waals surface area contributed by atoms with Crippen LogP contribution in [0.2, 0.25) is 0 Å². The van der Waals surface area contributed by atoms with Crippen molar-refractivity contribution in [3.63, 3.8) is 0 Å². The molecule has 2 N–H and O–H groups in total. The van der Waals surface area contributed by atoms with Gasteiger partial charge in [0.05, 0.1) is 0 Å². The van der Waals surface area contributed by atoms with Gasteiger partial charge in [0, 0.05) is 5.70 Å². The highest BCUT2D eigenvalue weighted by atomic mass is 14.6.